The normalized spacial score (nSPS) is 18.1. The first-order chi connectivity index (χ1) is 8.38. The quantitative estimate of drug-likeness (QED) is 0.622. The Balaban J connectivity index is 2.03. The predicted molar refractivity (Wildman–Crippen MR) is 61.8 cm³/mol. The van der Waals surface area contributed by atoms with E-state index in [0.29, 0.717) is 5.69 Å². The lowest BCUT2D eigenvalue weighted by Crippen LogP contribution is -2.39. The molecule has 1 aliphatic rings. The Kier molecular flexibility index (Phi) is 3.36. The van der Waals surface area contributed by atoms with Crippen LogP contribution in [0, 0.1) is 11.7 Å². The van der Waals surface area contributed by atoms with E-state index in [0.717, 1.165) is 0 Å². The summed E-state index contributed by atoms with van der Waals surface area (Å²) < 4.78 is 50.7. The Morgan fingerprint density at radius 1 is 1.17 bits per heavy atom. The Labute approximate surface area is 102 Å². The minimum atomic E-state index is -4.13. The van der Waals surface area contributed by atoms with Crippen molar-refractivity contribution < 1.29 is 17.6 Å². The van der Waals surface area contributed by atoms with Gasteiger partial charge < -0.3 is 10.6 Å². The molecule has 2 rings (SSSR count). The van der Waals surface area contributed by atoms with Crippen LogP contribution in [0.5, 0.6) is 0 Å². The molecule has 0 atom stereocenters. The van der Waals surface area contributed by atoms with Gasteiger partial charge in [-0.3, -0.25) is 0 Å². The van der Waals surface area contributed by atoms with Gasteiger partial charge in [0.2, 0.25) is 0 Å². The van der Waals surface area contributed by atoms with Crippen LogP contribution in [0.3, 0.4) is 0 Å². The Morgan fingerprint density at radius 2 is 1.78 bits per heavy atom. The van der Waals surface area contributed by atoms with Gasteiger partial charge in [-0.05, 0) is 31.0 Å². The molecule has 18 heavy (non-hydrogen) atoms. The first-order valence-electron chi connectivity index (χ1n) is 5.74. The Bertz CT molecular complexity index is 423. The van der Waals surface area contributed by atoms with Crippen molar-refractivity contribution in [3.8, 4) is 0 Å². The first kappa shape index (κ1) is 13.0. The molecule has 1 heterocycles. The highest BCUT2D eigenvalue weighted by molar-refractivity contribution is 5.54. The summed E-state index contributed by atoms with van der Waals surface area (Å²) in [6.07, 6.45) is -4.02. The molecule has 1 saturated heterocycles. The molecule has 1 fully saturated rings. The number of hydrogen-bond donors (Lipinski definition) is 1. The number of benzene rings is 1. The minimum Gasteiger partial charge on any atom is -0.396 e. The third-order valence-electron chi connectivity index (χ3n) is 3.31. The van der Waals surface area contributed by atoms with Crippen LogP contribution in [0.1, 0.15) is 12.8 Å². The van der Waals surface area contributed by atoms with Crippen molar-refractivity contribution in [3.05, 3.63) is 24.0 Å². The molecule has 2 nitrogen and oxygen atoms in total. The fourth-order valence-electron chi connectivity index (χ4n) is 2.18. The molecule has 6 heteroatoms. The summed E-state index contributed by atoms with van der Waals surface area (Å²) in [7, 11) is 0. The molecule has 1 aromatic rings. The number of nitrogens with zero attached hydrogens (tertiary/aromatic N) is 1. The van der Waals surface area contributed by atoms with Crippen LogP contribution in [0.2, 0.25) is 0 Å². The predicted octanol–water partition coefficient (Wildman–Crippen LogP) is 3.19. The van der Waals surface area contributed by atoms with Crippen LogP contribution in [0.25, 0.3) is 0 Å². The average Bonchev–Trinajstić information content (AvgIpc) is 2.32. The summed E-state index contributed by atoms with van der Waals surface area (Å²) in [5, 5.41) is 0. The van der Waals surface area contributed by atoms with Crippen molar-refractivity contribution in [1.29, 1.82) is 0 Å². The lowest BCUT2D eigenvalue weighted by Gasteiger charge is -2.34. The van der Waals surface area contributed by atoms with Gasteiger partial charge in [-0.2, -0.15) is 13.2 Å². The van der Waals surface area contributed by atoms with Crippen molar-refractivity contribution in [2.45, 2.75) is 19.0 Å². The second kappa shape index (κ2) is 4.66. The molecule has 1 aliphatic heterocycles. The first-order valence-corrected chi connectivity index (χ1v) is 5.74. The second-order valence-electron chi connectivity index (χ2n) is 4.51. The van der Waals surface area contributed by atoms with Gasteiger partial charge in [0.1, 0.15) is 5.82 Å². The highest BCUT2D eigenvalue weighted by atomic mass is 19.4. The number of piperidine rings is 1. The highest BCUT2D eigenvalue weighted by Crippen LogP contribution is 2.35. The van der Waals surface area contributed by atoms with Crippen molar-refractivity contribution in [1.82, 2.24) is 0 Å². The second-order valence-corrected chi connectivity index (χ2v) is 4.51. The highest BCUT2D eigenvalue weighted by Gasteiger charge is 2.41. The summed E-state index contributed by atoms with van der Waals surface area (Å²) in [6.45, 7) is 0.571. The number of halogens is 4. The number of nitrogen functional groups attached to an aromatic ring is 1. The fourth-order valence-corrected chi connectivity index (χ4v) is 2.18. The van der Waals surface area contributed by atoms with Crippen LogP contribution >= 0.6 is 0 Å². The van der Waals surface area contributed by atoms with Crippen LogP contribution in [0.4, 0.5) is 28.9 Å². The summed E-state index contributed by atoms with van der Waals surface area (Å²) in [6, 6.07) is 4.33. The third-order valence-corrected chi connectivity index (χ3v) is 3.31. The van der Waals surface area contributed by atoms with Crippen molar-refractivity contribution >= 4 is 11.4 Å². The number of anilines is 2. The summed E-state index contributed by atoms with van der Waals surface area (Å²) in [5.41, 5.74) is 5.99. The van der Waals surface area contributed by atoms with E-state index >= 15 is 0 Å². The average molecular weight is 262 g/mol. The van der Waals surface area contributed by atoms with E-state index in [1.54, 1.807) is 11.0 Å². The molecule has 0 radical (unpaired) electrons. The lowest BCUT2D eigenvalue weighted by atomic mass is 9.96. The zero-order valence-electron chi connectivity index (χ0n) is 9.67. The number of nitrogens with two attached hydrogens (primary N) is 1. The van der Waals surface area contributed by atoms with E-state index < -0.39 is 17.9 Å². The van der Waals surface area contributed by atoms with Gasteiger partial charge in [0, 0.05) is 18.8 Å². The van der Waals surface area contributed by atoms with Crippen molar-refractivity contribution in [2.75, 3.05) is 23.7 Å². The molecular formula is C12H14F4N2. The van der Waals surface area contributed by atoms with Gasteiger partial charge in [-0.25, -0.2) is 4.39 Å². The summed E-state index contributed by atoms with van der Waals surface area (Å²) in [4.78, 5) is 1.75. The minimum absolute atomic E-state index is 0.0453. The SMILES string of the molecule is Nc1ccc(N2CCC(C(F)(F)F)CC2)cc1F. The maximum atomic E-state index is 13.3. The standard InChI is InChI=1S/C12H14F4N2/c13-10-7-9(1-2-11(10)17)18-5-3-8(4-6-18)12(14,15)16/h1-2,7-8H,3-6,17H2. The Hall–Kier alpha value is -1.46. The van der Waals surface area contributed by atoms with Crippen molar-refractivity contribution in [3.63, 3.8) is 0 Å². The molecular weight excluding hydrogens is 248 g/mol. The number of rotatable bonds is 1. The maximum Gasteiger partial charge on any atom is 0.391 e. The molecule has 0 saturated carbocycles. The van der Waals surface area contributed by atoms with E-state index in [4.69, 9.17) is 5.73 Å². The molecule has 0 spiro atoms. The van der Waals surface area contributed by atoms with Crippen LogP contribution in [-0.2, 0) is 0 Å². The maximum absolute atomic E-state index is 13.3. The van der Waals surface area contributed by atoms with Gasteiger partial charge in [-0.1, -0.05) is 0 Å². The van der Waals surface area contributed by atoms with Gasteiger partial charge in [0.05, 0.1) is 11.6 Å². The molecule has 1 aromatic carbocycles. The van der Waals surface area contributed by atoms with Crippen LogP contribution in [-0.4, -0.2) is 19.3 Å². The van der Waals surface area contributed by atoms with Gasteiger partial charge in [0.15, 0.2) is 0 Å². The smallest absolute Gasteiger partial charge is 0.391 e. The molecule has 100 valence electrons. The van der Waals surface area contributed by atoms with E-state index in [1.807, 2.05) is 0 Å². The summed E-state index contributed by atoms with van der Waals surface area (Å²) in [5.74, 6) is -1.78. The topological polar surface area (TPSA) is 29.3 Å². The van der Waals surface area contributed by atoms with E-state index in [-0.39, 0.29) is 31.6 Å². The molecule has 0 unspecified atom stereocenters. The van der Waals surface area contributed by atoms with Crippen molar-refractivity contribution in [2.24, 2.45) is 5.92 Å². The lowest BCUT2D eigenvalue weighted by molar-refractivity contribution is -0.179. The van der Waals surface area contributed by atoms with E-state index in [2.05, 4.69) is 0 Å². The monoisotopic (exact) mass is 262 g/mol. The Morgan fingerprint density at radius 3 is 2.28 bits per heavy atom. The van der Waals surface area contributed by atoms with E-state index in [9.17, 15) is 17.6 Å². The van der Waals surface area contributed by atoms with E-state index in [1.165, 1.54) is 12.1 Å². The zero-order chi connectivity index (χ0) is 13.3. The third kappa shape index (κ3) is 2.68. The fraction of sp³-hybridized carbons (Fsp3) is 0.500. The van der Waals surface area contributed by atoms with Crippen LogP contribution < -0.4 is 10.6 Å². The summed E-state index contributed by atoms with van der Waals surface area (Å²) >= 11 is 0. The molecule has 0 amide bonds. The van der Waals surface area contributed by atoms with Gasteiger partial charge in [-0.15, -0.1) is 0 Å². The molecule has 0 aromatic heterocycles. The molecule has 2 N–H and O–H groups in total. The zero-order valence-corrected chi connectivity index (χ0v) is 9.67. The largest absolute Gasteiger partial charge is 0.396 e. The molecule has 0 bridgehead atoms. The molecule has 0 aliphatic carbocycles. The number of alkyl halides is 3. The van der Waals surface area contributed by atoms with Gasteiger partial charge >= 0.3 is 6.18 Å². The van der Waals surface area contributed by atoms with Gasteiger partial charge in [0.25, 0.3) is 0 Å². The number of hydrogen-bond acceptors (Lipinski definition) is 2. The van der Waals surface area contributed by atoms with Crippen LogP contribution in [0.15, 0.2) is 18.2 Å².